The van der Waals surface area contributed by atoms with Crippen LogP contribution in [-0.4, -0.2) is 43.7 Å². The molecular weight excluding hydrogens is 402 g/mol. The zero-order chi connectivity index (χ0) is 21.3. The van der Waals surface area contributed by atoms with Crippen molar-refractivity contribution in [2.45, 2.75) is 17.5 Å². The Kier molecular flexibility index (Phi) is 5.44. The summed E-state index contributed by atoms with van der Waals surface area (Å²) in [6, 6.07) is 15.6. The van der Waals surface area contributed by atoms with Crippen molar-refractivity contribution in [1.82, 2.24) is 14.9 Å². The highest BCUT2D eigenvalue weighted by atomic mass is 32.2. The van der Waals surface area contributed by atoms with Crippen molar-refractivity contribution in [2.24, 2.45) is 11.8 Å². The lowest BCUT2D eigenvalue weighted by molar-refractivity contribution is -0.116. The first-order valence-electron chi connectivity index (χ1n) is 9.75. The van der Waals surface area contributed by atoms with Gasteiger partial charge in [-0.2, -0.15) is 4.31 Å². The fraction of sp³-hybridized carbons (Fsp3) is 0.273. The molecule has 0 radical (unpaired) electrons. The maximum absolute atomic E-state index is 12.9. The van der Waals surface area contributed by atoms with Crippen LogP contribution >= 0.6 is 0 Å². The Morgan fingerprint density at radius 2 is 1.67 bits per heavy atom. The molecule has 0 spiro atoms. The SMILES string of the molecule is C=CC(=O)NC1C2CN(S(=O)(=O)c3ccc(C(=O)NCc4ccccc4)cc3)CC21. The second-order valence-electron chi connectivity index (χ2n) is 7.58. The molecule has 7 nitrogen and oxygen atoms in total. The van der Waals surface area contributed by atoms with Crippen LogP contribution in [0.2, 0.25) is 0 Å². The van der Waals surface area contributed by atoms with E-state index in [1.165, 1.54) is 34.6 Å². The normalized spacial score (nSPS) is 22.7. The number of rotatable bonds is 7. The average Bonchev–Trinajstić information content (AvgIpc) is 3.19. The van der Waals surface area contributed by atoms with Gasteiger partial charge in [0.1, 0.15) is 0 Å². The van der Waals surface area contributed by atoms with E-state index in [-0.39, 0.29) is 34.6 Å². The van der Waals surface area contributed by atoms with Crippen molar-refractivity contribution in [3.05, 3.63) is 78.4 Å². The number of carbonyl (C=O) groups excluding carboxylic acids is 2. The van der Waals surface area contributed by atoms with Crippen molar-refractivity contribution in [2.75, 3.05) is 13.1 Å². The predicted octanol–water partition coefficient (Wildman–Crippen LogP) is 1.54. The van der Waals surface area contributed by atoms with E-state index in [1.54, 1.807) is 0 Å². The van der Waals surface area contributed by atoms with E-state index >= 15 is 0 Å². The Morgan fingerprint density at radius 1 is 1.03 bits per heavy atom. The molecule has 2 unspecified atom stereocenters. The summed E-state index contributed by atoms with van der Waals surface area (Å²) in [7, 11) is -3.63. The highest BCUT2D eigenvalue weighted by Crippen LogP contribution is 2.47. The number of nitrogens with zero attached hydrogens (tertiary/aromatic N) is 1. The molecule has 2 fully saturated rings. The standard InChI is InChI=1S/C22H23N3O4S/c1-2-20(26)24-21-18-13-25(14-19(18)21)30(28,29)17-10-8-16(9-11-17)22(27)23-12-15-6-4-3-5-7-15/h2-11,18-19,21H,1,12-14H2,(H,23,27)(H,24,26). The number of sulfonamides is 1. The summed E-state index contributed by atoms with van der Waals surface area (Å²) in [4.78, 5) is 23.9. The average molecular weight is 426 g/mol. The third-order valence-electron chi connectivity index (χ3n) is 5.71. The van der Waals surface area contributed by atoms with Gasteiger partial charge in [0.25, 0.3) is 5.91 Å². The second kappa shape index (κ2) is 8.04. The van der Waals surface area contributed by atoms with Crippen LogP contribution in [0.3, 0.4) is 0 Å². The van der Waals surface area contributed by atoms with E-state index in [0.29, 0.717) is 25.2 Å². The number of nitrogens with one attached hydrogen (secondary N) is 2. The van der Waals surface area contributed by atoms with Crippen molar-refractivity contribution in [3.8, 4) is 0 Å². The molecule has 0 bridgehead atoms. The molecule has 8 heteroatoms. The van der Waals surface area contributed by atoms with Crippen LogP contribution in [0.15, 0.2) is 72.1 Å². The van der Waals surface area contributed by atoms with Gasteiger partial charge in [0.2, 0.25) is 15.9 Å². The van der Waals surface area contributed by atoms with Gasteiger partial charge in [-0.25, -0.2) is 8.42 Å². The van der Waals surface area contributed by atoms with Crippen molar-refractivity contribution >= 4 is 21.8 Å². The highest BCUT2D eigenvalue weighted by Gasteiger charge is 2.58. The van der Waals surface area contributed by atoms with Crippen LogP contribution in [0.5, 0.6) is 0 Å². The molecule has 1 aliphatic heterocycles. The summed E-state index contributed by atoms with van der Waals surface area (Å²) in [6.07, 6.45) is 1.22. The topological polar surface area (TPSA) is 95.6 Å². The Labute approximate surface area is 175 Å². The van der Waals surface area contributed by atoms with Gasteiger partial charge in [-0.05, 0) is 47.7 Å². The number of benzene rings is 2. The predicted molar refractivity (Wildman–Crippen MR) is 112 cm³/mol. The molecule has 4 rings (SSSR count). The second-order valence-corrected chi connectivity index (χ2v) is 9.52. The first-order valence-corrected chi connectivity index (χ1v) is 11.2. The first kappa shape index (κ1) is 20.3. The first-order chi connectivity index (χ1) is 14.4. The summed E-state index contributed by atoms with van der Waals surface area (Å²) in [5, 5.41) is 5.66. The molecule has 2 amide bonds. The number of carbonyl (C=O) groups is 2. The molecule has 0 aromatic heterocycles. The fourth-order valence-electron chi connectivity index (χ4n) is 3.93. The fourth-order valence-corrected chi connectivity index (χ4v) is 5.44. The smallest absolute Gasteiger partial charge is 0.251 e. The van der Waals surface area contributed by atoms with E-state index in [0.717, 1.165) is 5.56 Å². The summed E-state index contributed by atoms with van der Waals surface area (Å²) < 4.78 is 27.2. The van der Waals surface area contributed by atoms with Crippen molar-refractivity contribution in [3.63, 3.8) is 0 Å². The monoisotopic (exact) mass is 425 g/mol. The minimum atomic E-state index is -3.63. The van der Waals surface area contributed by atoms with Gasteiger partial charge in [-0.1, -0.05) is 36.9 Å². The number of amides is 2. The van der Waals surface area contributed by atoms with Crippen LogP contribution in [0.1, 0.15) is 15.9 Å². The van der Waals surface area contributed by atoms with Crippen LogP contribution in [-0.2, 0) is 21.4 Å². The van der Waals surface area contributed by atoms with E-state index in [9.17, 15) is 18.0 Å². The lowest BCUT2D eigenvalue weighted by atomic mass is 10.2. The quantitative estimate of drug-likeness (QED) is 0.658. The van der Waals surface area contributed by atoms with Gasteiger partial charge < -0.3 is 10.6 Å². The molecule has 1 aliphatic carbocycles. The molecule has 1 heterocycles. The van der Waals surface area contributed by atoms with Crippen LogP contribution in [0.25, 0.3) is 0 Å². The Balaban J connectivity index is 1.35. The minimum Gasteiger partial charge on any atom is -0.349 e. The molecule has 30 heavy (non-hydrogen) atoms. The largest absolute Gasteiger partial charge is 0.349 e. The maximum atomic E-state index is 12.9. The van der Waals surface area contributed by atoms with Crippen molar-refractivity contribution in [1.29, 1.82) is 0 Å². The number of hydrogen-bond donors (Lipinski definition) is 2. The van der Waals surface area contributed by atoms with Crippen LogP contribution < -0.4 is 10.6 Å². The summed E-state index contributed by atoms with van der Waals surface area (Å²) in [5.74, 6) is -0.200. The van der Waals surface area contributed by atoms with Crippen LogP contribution in [0, 0.1) is 11.8 Å². The third kappa shape index (κ3) is 4.01. The molecular formula is C22H23N3O4S. The summed E-state index contributed by atoms with van der Waals surface area (Å²) >= 11 is 0. The van der Waals surface area contributed by atoms with Gasteiger partial charge in [-0.3, -0.25) is 9.59 Å². The third-order valence-corrected chi connectivity index (χ3v) is 7.55. The van der Waals surface area contributed by atoms with Gasteiger partial charge in [0, 0.05) is 31.2 Å². The van der Waals surface area contributed by atoms with Crippen LogP contribution in [0.4, 0.5) is 0 Å². The molecule has 2 aliphatic rings. The van der Waals surface area contributed by atoms with Gasteiger partial charge in [0.05, 0.1) is 4.90 Å². The molecule has 2 aromatic carbocycles. The lowest BCUT2D eigenvalue weighted by Gasteiger charge is -2.20. The van der Waals surface area contributed by atoms with Gasteiger partial charge >= 0.3 is 0 Å². The summed E-state index contributed by atoms with van der Waals surface area (Å²) in [6.45, 7) is 4.60. The van der Waals surface area contributed by atoms with E-state index < -0.39 is 10.0 Å². The zero-order valence-corrected chi connectivity index (χ0v) is 17.1. The molecule has 2 N–H and O–H groups in total. The minimum absolute atomic E-state index is 0.0256. The Morgan fingerprint density at radius 3 is 2.27 bits per heavy atom. The molecule has 1 saturated heterocycles. The Bertz CT molecular complexity index is 1060. The molecule has 1 saturated carbocycles. The molecule has 2 atom stereocenters. The van der Waals surface area contributed by atoms with E-state index in [2.05, 4.69) is 17.2 Å². The number of piperidine rings is 1. The lowest BCUT2D eigenvalue weighted by Crippen LogP contribution is -2.37. The molecule has 156 valence electrons. The highest BCUT2D eigenvalue weighted by molar-refractivity contribution is 7.89. The molecule has 2 aromatic rings. The van der Waals surface area contributed by atoms with Gasteiger partial charge in [0.15, 0.2) is 0 Å². The zero-order valence-electron chi connectivity index (χ0n) is 16.3. The Hall–Kier alpha value is -2.97. The van der Waals surface area contributed by atoms with E-state index in [4.69, 9.17) is 0 Å². The van der Waals surface area contributed by atoms with E-state index in [1.807, 2.05) is 30.3 Å². The number of fused-ring (bicyclic) bond motifs is 1. The number of hydrogen-bond acceptors (Lipinski definition) is 4. The van der Waals surface area contributed by atoms with Gasteiger partial charge in [-0.15, -0.1) is 0 Å². The summed E-state index contributed by atoms with van der Waals surface area (Å²) in [5.41, 5.74) is 1.39. The van der Waals surface area contributed by atoms with Crippen molar-refractivity contribution < 1.29 is 18.0 Å². The maximum Gasteiger partial charge on any atom is 0.251 e.